The number of rotatable bonds is 6. The maximum atomic E-state index is 12.6. The number of carbonyl (C=O) groups excluding carboxylic acids is 2. The maximum Gasteiger partial charge on any atom is 0.321 e. The van der Waals surface area contributed by atoms with Crippen LogP contribution in [0.3, 0.4) is 0 Å². The summed E-state index contributed by atoms with van der Waals surface area (Å²) in [5.41, 5.74) is 0.816. The number of nitrogens with two attached hydrogens (primary N) is 1. The summed E-state index contributed by atoms with van der Waals surface area (Å²) in [4.78, 5) is 24.4. The molecule has 2 aromatic carbocycles. The van der Waals surface area contributed by atoms with E-state index in [-0.39, 0.29) is 12.0 Å². The maximum absolute atomic E-state index is 12.6. The summed E-state index contributed by atoms with van der Waals surface area (Å²) in [6, 6.07) is 15.8. The Balaban J connectivity index is 1.65. The van der Waals surface area contributed by atoms with Crippen molar-refractivity contribution in [3.63, 3.8) is 0 Å². The third-order valence-electron chi connectivity index (χ3n) is 4.22. The van der Waals surface area contributed by atoms with Crippen molar-refractivity contribution in [3.05, 3.63) is 60.2 Å². The molecule has 0 saturated heterocycles. The lowest BCUT2D eigenvalue weighted by molar-refractivity contribution is -0.688. The molecule has 3 amide bonds. The molecule has 27 heavy (non-hydrogen) atoms. The number of fused-ring (bicyclic) bond motifs is 1. The summed E-state index contributed by atoms with van der Waals surface area (Å²) < 4.78 is 11.7. The predicted octanol–water partition coefficient (Wildman–Crippen LogP) is 0.977. The summed E-state index contributed by atoms with van der Waals surface area (Å²) in [7, 11) is 0. The number of imide groups is 1. The molecule has 0 unspecified atom stereocenters. The Labute approximate surface area is 158 Å². The zero-order valence-corrected chi connectivity index (χ0v) is 15.2. The van der Waals surface area contributed by atoms with E-state index in [2.05, 4.69) is 10.6 Å². The predicted molar refractivity (Wildman–Crippen MR) is 99.5 cm³/mol. The molecule has 2 atom stereocenters. The molecule has 0 saturated carbocycles. The van der Waals surface area contributed by atoms with E-state index in [1.165, 1.54) is 0 Å². The first-order valence-corrected chi connectivity index (χ1v) is 9.02. The molecule has 0 aromatic heterocycles. The second kappa shape index (κ2) is 9.05. The monoisotopic (exact) mass is 370 g/mol. The zero-order chi connectivity index (χ0) is 19.1. The largest absolute Gasteiger partial charge is 0.486 e. The molecule has 0 aliphatic carbocycles. The Bertz CT molecular complexity index is 782. The lowest BCUT2D eigenvalue weighted by Gasteiger charge is -2.26. The van der Waals surface area contributed by atoms with Gasteiger partial charge in [-0.3, -0.25) is 10.1 Å². The highest BCUT2D eigenvalue weighted by atomic mass is 16.6. The number of hydrogen-bond donors (Lipinski definition) is 3. The summed E-state index contributed by atoms with van der Waals surface area (Å²) >= 11 is 0. The number of ether oxygens (including phenoxy) is 2. The van der Waals surface area contributed by atoms with Gasteiger partial charge >= 0.3 is 6.03 Å². The first kappa shape index (κ1) is 18.7. The molecule has 0 fully saturated rings. The first-order chi connectivity index (χ1) is 13.2. The highest BCUT2D eigenvalue weighted by molar-refractivity contribution is 5.96. The molecule has 142 valence electrons. The van der Waals surface area contributed by atoms with Crippen molar-refractivity contribution in [2.24, 2.45) is 0 Å². The van der Waals surface area contributed by atoms with E-state index < -0.39 is 12.1 Å². The minimum Gasteiger partial charge on any atom is -0.486 e. The fraction of sp³-hybridized carbons (Fsp3) is 0.300. The normalized spacial score (nSPS) is 16.3. The van der Waals surface area contributed by atoms with Crippen molar-refractivity contribution in [3.8, 4) is 11.5 Å². The molecular formula is C20H24N3O4+. The second-order valence-corrected chi connectivity index (χ2v) is 6.21. The van der Waals surface area contributed by atoms with Crippen LogP contribution < -0.4 is 25.4 Å². The van der Waals surface area contributed by atoms with Gasteiger partial charge in [-0.1, -0.05) is 42.5 Å². The molecule has 1 heterocycles. The zero-order valence-electron chi connectivity index (χ0n) is 15.2. The SMILES string of the molecule is CCNC(=O)NC(=O)[C@H]([NH2+]C[C@H]1COc2ccccc2O1)c1ccccc1. The Morgan fingerprint density at radius 2 is 1.81 bits per heavy atom. The number of hydrogen-bond acceptors (Lipinski definition) is 4. The summed E-state index contributed by atoms with van der Waals surface area (Å²) in [5.74, 6) is 1.05. The first-order valence-electron chi connectivity index (χ1n) is 9.02. The standard InChI is InChI=1S/C20H23N3O4/c1-2-21-20(25)23-19(24)18(14-8-4-3-5-9-14)22-12-15-13-26-16-10-6-7-11-17(16)27-15/h3-11,15,18,22H,2,12-13H2,1H3,(H2,21,23,24,25)/p+1/t15-,18+/m0/s1. The molecule has 3 rings (SSSR count). The van der Waals surface area contributed by atoms with Crippen LogP contribution in [0.1, 0.15) is 18.5 Å². The Morgan fingerprint density at radius 1 is 1.11 bits per heavy atom. The van der Waals surface area contributed by atoms with Gasteiger partial charge in [0.25, 0.3) is 5.91 Å². The van der Waals surface area contributed by atoms with E-state index in [0.29, 0.717) is 25.4 Å². The van der Waals surface area contributed by atoms with Gasteiger partial charge in [-0.05, 0) is 19.1 Å². The molecule has 4 N–H and O–H groups in total. The Hall–Kier alpha value is -3.06. The molecule has 0 spiro atoms. The van der Waals surface area contributed by atoms with Gasteiger partial charge in [-0.15, -0.1) is 0 Å². The third-order valence-corrected chi connectivity index (χ3v) is 4.22. The van der Waals surface area contributed by atoms with E-state index in [4.69, 9.17) is 9.47 Å². The molecule has 1 aliphatic heterocycles. The van der Waals surface area contributed by atoms with Crippen molar-refractivity contribution < 1.29 is 24.4 Å². The van der Waals surface area contributed by atoms with Crippen molar-refractivity contribution in [2.45, 2.75) is 19.1 Å². The van der Waals surface area contributed by atoms with Gasteiger partial charge in [0.05, 0.1) is 0 Å². The van der Waals surface area contributed by atoms with Gasteiger partial charge in [0.15, 0.2) is 23.6 Å². The molecule has 0 radical (unpaired) electrons. The van der Waals surface area contributed by atoms with E-state index in [1.54, 1.807) is 6.92 Å². The number of carbonyl (C=O) groups is 2. The minimum atomic E-state index is -0.561. The van der Waals surface area contributed by atoms with Crippen LogP contribution in [0.15, 0.2) is 54.6 Å². The highest BCUT2D eigenvalue weighted by Crippen LogP contribution is 2.30. The number of para-hydroxylation sites is 2. The fourth-order valence-corrected chi connectivity index (χ4v) is 2.92. The van der Waals surface area contributed by atoms with Gasteiger partial charge in [0.1, 0.15) is 13.2 Å². The van der Waals surface area contributed by atoms with Gasteiger partial charge in [0.2, 0.25) is 0 Å². The lowest BCUT2D eigenvalue weighted by Crippen LogP contribution is -2.90. The van der Waals surface area contributed by atoms with Gasteiger partial charge in [-0.25, -0.2) is 4.79 Å². The second-order valence-electron chi connectivity index (χ2n) is 6.21. The van der Waals surface area contributed by atoms with Crippen LogP contribution in [-0.2, 0) is 4.79 Å². The van der Waals surface area contributed by atoms with Crippen LogP contribution in [0, 0.1) is 0 Å². The van der Waals surface area contributed by atoms with Crippen molar-refractivity contribution >= 4 is 11.9 Å². The fourth-order valence-electron chi connectivity index (χ4n) is 2.92. The van der Waals surface area contributed by atoms with E-state index >= 15 is 0 Å². The Kier molecular flexibility index (Phi) is 6.27. The summed E-state index contributed by atoms with van der Waals surface area (Å²) in [6.45, 7) is 3.16. The van der Waals surface area contributed by atoms with Crippen LogP contribution in [0.5, 0.6) is 11.5 Å². The molecule has 0 bridgehead atoms. The summed E-state index contributed by atoms with van der Waals surface area (Å²) in [5, 5.41) is 6.83. The minimum absolute atomic E-state index is 0.191. The van der Waals surface area contributed by atoms with Crippen molar-refractivity contribution in [2.75, 3.05) is 19.7 Å². The number of quaternary nitrogens is 1. The molecule has 7 nitrogen and oxygen atoms in total. The van der Waals surface area contributed by atoms with Crippen molar-refractivity contribution in [1.82, 2.24) is 10.6 Å². The van der Waals surface area contributed by atoms with Gasteiger partial charge in [0, 0.05) is 12.1 Å². The van der Waals surface area contributed by atoms with Gasteiger partial charge in [-0.2, -0.15) is 0 Å². The smallest absolute Gasteiger partial charge is 0.321 e. The third kappa shape index (κ3) is 4.98. The van der Waals surface area contributed by atoms with Crippen molar-refractivity contribution in [1.29, 1.82) is 0 Å². The van der Waals surface area contributed by atoms with Crippen LogP contribution in [0.4, 0.5) is 4.79 Å². The molecule has 2 aromatic rings. The molecule has 7 heteroatoms. The Morgan fingerprint density at radius 3 is 2.56 bits per heavy atom. The molecular weight excluding hydrogens is 346 g/mol. The quantitative estimate of drug-likeness (QED) is 0.707. The summed E-state index contributed by atoms with van der Waals surface area (Å²) in [6.07, 6.45) is -0.191. The molecule has 1 aliphatic rings. The van der Waals surface area contributed by atoms with E-state index in [0.717, 1.165) is 11.3 Å². The van der Waals surface area contributed by atoms with E-state index in [1.807, 2.05) is 59.9 Å². The number of amides is 3. The van der Waals surface area contributed by atoms with Crippen LogP contribution in [-0.4, -0.2) is 37.7 Å². The number of benzene rings is 2. The van der Waals surface area contributed by atoms with Crippen LogP contribution >= 0.6 is 0 Å². The highest BCUT2D eigenvalue weighted by Gasteiger charge is 2.29. The average molecular weight is 370 g/mol. The number of nitrogens with one attached hydrogen (secondary N) is 2. The van der Waals surface area contributed by atoms with Gasteiger partial charge < -0.3 is 20.1 Å². The lowest BCUT2D eigenvalue weighted by atomic mass is 10.1. The van der Waals surface area contributed by atoms with E-state index in [9.17, 15) is 9.59 Å². The average Bonchev–Trinajstić information content (AvgIpc) is 2.69. The topological polar surface area (TPSA) is 93.3 Å². The number of urea groups is 1. The van der Waals surface area contributed by atoms with Crippen LogP contribution in [0.25, 0.3) is 0 Å². The van der Waals surface area contributed by atoms with Crippen LogP contribution in [0.2, 0.25) is 0 Å².